The second-order valence-corrected chi connectivity index (χ2v) is 5.83. The van der Waals surface area contributed by atoms with Crippen molar-refractivity contribution in [1.29, 1.82) is 0 Å². The summed E-state index contributed by atoms with van der Waals surface area (Å²) in [6, 6.07) is 2.90. The van der Waals surface area contributed by atoms with Crippen LogP contribution in [-0.4, -0.2) is 53.8 Å². The van der Waals surface area contributed by atoms with E-state index in [1.165, 1.54) is 6.26 Å². The van der Waals surface area contributed by atoms with E-state index in [-0.39, 0.29) is 11.8 Å². The third-order valence-electron chi connectivity index (χ3n) is 3.65. The Balaban J connectivity index is 1.85. The Kier molecular flexibility index (Phi) is 5.01. The maximum atomic E-state index is 12.2. The van der Waals surface area contributed by atoms with Crippen LogP contribution in [0.15, 0.2) is 22.8 Å². The summed E-state index contributed by atoms with van der Waals surface area (Å²) in [5.74, 6) is 0.587. The van der Waals surface area contributed by atoms with Crippen molar-refractivity contribution in [2.45, 2.75) is 26.3 Å². The van der Waals surface area contributed by atoms with Crippen molar-refractivity contribution in [2.24, 2.45) is 11.7 Å². The Labute approximate surface area is 124 Å². The van der Waals surface area contributed by atoms with E-state index >= 15 is 0 Å². The molecule has 116 valence electrons. The van der Waals surface area contributed by atoms with Crippen molar-refractivity contribution >= 4 is 11.8 Å². The van der Waals surface area contributed by atoms with E-state index < -0.39 is 6.04 Å². The van der Waals surface area contributed by atoms with E-state index in [2.05, 4.69) is 0 Å². The lowest BCUT2D eigenvalue weighted by Crippen LogP contribution is -2.54. The molecule has 6 heteroatoms. The van der Waals surface area contributed by atoms with Gasteiger partial charge in [-0.25, -0.2) is 0 Å². The highest BCUT2D eigenvalue weighted by atomic mass is 16.3. The van der Waals surface area contributed by atoms with Crippen LogP contribution in [0.4, 0.5) is 0 Å². The molecule has 0 spiro atoms. The predicted molar refractivity (Wildman–Crippen MR) is 78.6 cm³/mol. The fourth-order valence-corrected chi connectivity index (χ4v) is 2.53. The quantitative estimate of drug-likeness (QED) is 0.896. The Morgan fingerprint density at radius 3 is 2.38 bits per heavy atom. The maximum Gasteiger partial charge on any atom is 0.289 e. The molecule has 0 aromatic carbocycles. The number of rotatable bonds is 4. The van der Waals surface area contributed by atoms with Crippen molar-refractivity contribution < 1.29 is 14.0 Å². The summed E-state index contributed by atoms with van der Waals surface area (Å²) >= 11 is 0. The van der Waals surface area contributed by atoms with Crippen LogP contribution in [0.25, 0.3) is 0 Å². The average Bonchev–Trinajstić information content (AvgIpc) is 2.99. The number of hydrogen-bond donors (Lipinski definition) is 1. The Morgan fingerprint density at radius 2 is 1.86 bits per heavy atom. The topological polar surface area (TPSA) is 79.8 Å². The van der Waals surface area contributed by atoms with Crippen LogP contribution in [-0.2, 0) is 4.79 Å². The summed E-state index contributed by atoms with van der Waals surface area (Å²) in [5, 5.41) is 0. The first kappa shape index (κ1) is 15.6. The number of nitrogens with two attached hydrogens (primary N) is 1. The van der Waals surface area contributed by atoms with Crippen LogP contribution in [0.1, 0.15) is 30.8 Å². The molecular weight excluding hydrogens is 270 g/mol. The minimum Gasteiger partial charge on any atom is -0.459 e. The van der Waals surface area contributed by atoms with E-state index in [9.17, 15) is 9.59 Å². The lowest BCUT2D eigenvalue weighted by Gasteiger charge is -2.35. The molecule has 21 heavy (non-hydrogen) atoms. The van der Waals surface area contributed by atoms with Gasteiger partial charge in [0.2, 0.25) is 5.91 Å². The number of piperazine rings is 1. The molecule has 1 atom stereocenters. The highest BCUT2D eigenvalue weighted by Crippen LogP contribution is 2.11. The van der Waals surface area contributed by atoms with Gasteiger partial charge in [0.1, 0.15) is 0 Å². The van der Waals surface area contributed by atoms with Crippen LogP contribution >= 0.6 is 0 Å². The average molecular weight is 293 g/mol. The lowest BCUT2D eigenvalue weighted by atomic mass is 10.0. The molecule has 1 aromatic rings. The van der Waals surface area contributed by atoms with E-state index in [0.717, 1.165) is 0 Å². The minimum absolute atomic E-state index is 0.0196. The molecule has 1 fully saturated rings. The van der Waals surface area contributed by atoms with Gasteiger partial charge in [0.25, 0.3) is 5.91 Å². The fraction of sp³-hybridized carbons (Fsp3) is 0.600. The fourth-order valence-electron chi connectivity index (χ4n) is 2.53. The first-order chi connectivity index (χ1) is 9.99. The maximum absolute atomic E-state index is 12.2. The van der Waals surface area contributed by atoms with Crippen molar-refractivity contribution in [3.05, 3.63) is 24.2 Å². The summed E-state index contributed by atoms with van der Waals surface area (Å²) in [7, 11) is 0. The molecular formula is C15H23N3O3. The largest absolute Gasteiger partial charge is 0.459 e. The molecule has 2 N–H and O–H groups in total. The third kappa shape index (κ3) is 3.85. The molecule has 2 rings (SSSR count). The second-order valence-electron chi connectivity index (χ2n) is 5.83. The normalized spacial score (nSPS) is 17.1. The van der Waals surface area contributed by atoms with E-state index in [0.29, 0.717) is 44.3 Å². The number of amides is 2. The smallest absolute Gasteiger partial charge is 0.289 e. The predicted octanol–water partition coefficient (Wildman–Crippen LogP) is 0.937. The summed E-state index contributed by atoms with van der Waals surface area (Å²) in [5.41, 5.74) is 5.93. The standard InChI is InChI=1S/C15H23N3O3/c1-11(2)10-12(16)14(19)17-5-7-18(8-6-17)15(20)13-4-3-9-21-13/h3-4,9,11-12H,5-8,10,16H2,1-2H3/t12-/m0/s1. The molecule has 2 heterocycles. The Bertz CT molecular complexity index is 476. The minimum atomic E-state index is -0.447. The molecule has 1 saturated heterocycles. The first-order valence-electron chi connectivity index (χ1n) is 7.36. The molecule has 1 aromatic heterocycles. The zero-order valence-electron chi connectivity index (χ0n) is 12.6. The van der Waals surface area contributed by atoms with Gasteiger partial charge >= 0.3 is 0 Å². The molecule has 0 aliphatic carbocycles. The zero-order chi connectivity index (χ0) is 15.4. The number of hydrogen-bond acceptors (Lipinski definition) is 4. The summed E-state index contributed by atoms with van der Waals surface area (Å²) in [6.07, 6.45) is 2.17. The van der Waals surface area contributed by atoms with Gasteiger partial charge < -0.3 is 20.0 Å². The van der Waals surface area contributed by atoms with E-state index in [1.54, 1.807) is 21.9 Å². The molecule has 1 aliphatic heterocycles. The Hall–Kier alpha value is -1.82. The van der Waals surface area contributed by atoms with Crippen LogP contribution in [0.3, 0.4) is 0 Å². The number of carbonyl (C=O) groups is 2. The molecule has 6 nitrogen and oxygen atoms in total. The van der Waals surface area contributed by atoms with Gasteiger partial charge in [0, 0.05) is 26.2 Å². The first-order valence-corrected chi connectivity index (χ1v) is 7.36. The van der Waals surface area contributed by atoms with E-state index in [4.69, 9.17) is 10.2 Å². The van der Waals surface area contributed by atoms with Crippen molar-refractivity contribution in [3.8, 4) is 0 Å². The zero-order valence-corrected chi connectivity index (χ0v) is 12.6. The van der Waals surface area contributed by atoms with Crippen LogP contribution in [0, 0.1) is 5.92 Å². The van der Waals surface area contributed by atoms with Gasteiger partial charge in [-0.3, -0.25) is 9.59 Å². The van der Waals surface area contributed by atoms with Crippen molar-refractivity contribution in [2.75, 3.05) is 26.2 Å². The van der Waals surface area contributed by atoms with Gasteiger partial charge in [-0.15, -0.1) is 0 Å². The Morgan fingerprint density at radius 1 is 1.24 bits per heavy atom. The number of carbonyl (C=O) groups excluding carboxylic acids is 2. The van der Waals surface area contributed by atoms with Gasteiger partial charge in [-0.05, 0) is 24.5 Å². The van der Waals surface area contributed by atoms with Crippen LogP contribution in [0.2, 0.25) is 0 Å². The van der Waals surface area contributed by atoms with Gasteiger partial charge in [0.15, 0.2) is 5.76 Å². The lowest BCUT2D eigenvalue weighted by molar-refractivity contribution is -0.134. The van der Waals surface area contributed by atoms with Gasteiger partial charge in [-0.1, -0.05) is 13.8 Å². The molecule has 0 saturated carbocycles. The van der Waals surface area contributed by atoms with Gasteiger partial charge in [-0.2, -0.15) is 0 Å². The van der Waals surface area contributed by atoms with Crippen LogP contribution < -0.4 is 5.73 Å². The summed E-state index contributed by atoms with van der Waals surface area (Å²) in [6.45, 7) is 6.17. The molecule has 1 aliphatic rings. The van der Waals surface area contributed by atoms with Crippen molar-refractivity contribution in [3.63, 3.8) is 0 Å². The SMILES string of the molecule is CC(C)C[C@H](N)C(=O)N1CCN(C(=O)c2ccco2)CC1. The summed E-state index contributed by atoms with van der Waals surface area (Å²) < 4.78 is 5.11. The number of furan rings is 1. The highest BCUT2D eigenvalue weighted by molar-refractivity contribution is 5.91. The monoisotopic (exact) mass is 293 g/mol. The number of nitrogens with zero attached hydrogens (tertiary/aromatic N) is 2. The highest BCUT2D eigenvalue weighted by Gasteiger charge is 2.28. The van der Waals surface area contributed by atoms with Gasteiger partial charge in [0.05, 0.1) is 12.3 Å². The molecule has 2 amide bonds. The molecule has 0 radical (unpaired) electrons. The summed E-state index contributed by atoms with van der Waals surface area (Å²) in [4.78, 5) is 27.8. The third-order valence-corrected chi connectivity index (χ3v) is 3.65. The van der Waals surface area contributed by atoms with Crippen LogP contribution in [0.5, 0.6) is 0 Å². The second kappa shape index (κ2) is 6.76. The molecule has 0 bridgehead atoms. The molecule has 0 unspecified atom stereocenters. The van der Waals surface area contributed by atoms with Crippen molar-refractivity contribution in [1.82, 2.24) is 9.80 Å². The van der Waals surface area contributed by atoms with E-state index in [1.807, 2.05) is 13.8 Å².